The van der Waals surface area contributed by atoms with Gasteiger partial charge < -0.3 is 14.5 Å². The maximum absolute atomic E-state index is 12.3. The molecule has 7 heteroatoms. The summed E-state index contributed by atoms with van der Waals surface area (Å²) in [4.78, 5) is 32.4. The molecular weight excluding hydrogens is 350 g/mol. The van der Waals surface area contributed by atoms with Crippen molar-refractivity contribution in [2.24, 2.45) is 4.99 Å². The highest BCUT2D eigenvalue weighted by Crippen LogP contribution is 2.32. The van der Waals surface area contributed by atoms with Crippen LogP contribution in [0.1, 0.15) is 26.3 Å². The molecule has 2 heterocycles. The fourth-order valence-electron chi connectivity index (χ4n) is 2.85. The zero-order chi connectivity index (χ0) is 18.7. The van der Waals surface area contributed by atoms with E-state index in [1.165, 1.54) is 11.8 Å². The predicted octanol–water partition coefficient (Wildman–Crippen LogP) is 2.61. The Morgan fingerprint density at radius 2 is 1.92 bits per heavy atom. The van der Waals surface area contributed by atoms with E-state index in [1.54, 1.807) is 6.92 Å². The molecule has 26 heavy (non-hydrogen) atoms. The van der Waals surface area contributed by atoms with Gasteiger partial charge in [-0.05, 0) is 37.8 Å². The largest absolute Gasteiger partial charge is 0.490 e. The number of benzene rings is 1. The molecule has 0 saturated carbocycles. The van der Waals surface area contributed by atoms with Crippen LogP contribution in [0, 0.1) is 0 Å². The summed E-state index contributed by atoms with van der Waals surface area (Å²) in [7, 11) is 0. The van der Waals surface area contributed by atoms with Crippen molar-refractivity contribution < 1.29 is 14.3 Å². The van der Waals surface area contributed by atoms with Crippen LogP contribution in [0.5, 0.6) is 5.75 Å². The second-order valence-electron chi connectivity index (χ2n) is 6.51. The highest BCUT2D eigenvalue weighted by Gasteiger charge is 2.29. The minimum atomic E-state index is -0.224. The maximum atomic E-state index is 12.3. The summed E-state index contributed by atoms with van der Waals surface area (Å²) in [5.41, 5.74) is 0.870. The van der Waals surface area contributed by atoms with Gasteiger partial charge >= 0.3 is 0 Å². The van der Waals surface area contributed by atoms with Crippen LogP contribution >= 0.6 is 11.8 Å². The highest BCUT2D eigenvalue weighted by molar-refractivity contribution is 8.18. The van der Waals surface area contributed by atoms with Crippen molar-refractivity contribution in [2.45, 2.75) is 26.9 Å². The summed E-state index contributed by atoms with van der Waals surface area (Å²) < 4.78 is 5.82. The molecular formula is C19H23N3O3S. The Morgan fingerprint density at radius 1 is 1.23 bits per heavy atom. The van der Waals surface area contributed by atoms with Crippen LogP contribution in [-0.4, -0.2) is 59.1 Å². The van der Waals surface area contributed by atoms with E-state index in [0.29, 0.717) is 36.3 Å². The quantitative estimate of drug-likeness (QED) is 0.762. The molecule has 2 aliphatic heterocycles. The number of amides is 2. The molecule has 0 radical (unpaired) electrons. The number of thioether (sulfide) groups is 1. The normalized spacial score (nSPS) is 19.3. The summed E-state index contributed by atoms with van der Waals surface area (Å²) in [6, 6.07) is 7.67. The van der Waals surface area contributed by atoms with Crippen molar-refractivity contribution in [1.29, 1.82) is 0 Å². The first-order valence-corrected chi connectivity index (χ1v) is 9.54. The summed E-state index contributed by atoms with van der Waals surface area (Å²) in [5.74, 6) is 0.620. The van der Waals surface area contributed by atoms with Crippen molar-refractivity contribution in [3.05, 3.63) is 34.7 Å². The minimum Gasteiger partial charge on any atom is -0.490 e. The smallest absolute Gasteiger partial charge is 0.286 e. The lowest BCUT2D eigenvalue weighted by atomic mass is 10.2. The third kappa shape index (κ3) is 4.27. The third-order valence-corrected chi connectivity index (χ3v) is 5.22. The number of para-hydroxylation sites is 1. The van der Waals surface area contributed by atoms with Gasteiger partial charge in [0.05, 0.1) is 11.0 Å². The molecule has 0 atom stereocenters. The molecule has 1 saturated heterocycles. The minimum absolute atomic E-state index is 0.0610. The van der Waals surface area contributed by atoms with E-state index in [2.05, 4.69) is 9.89 Å². The summed E-state index contributed by atoms with van der Waals surface area (Å²) in [6.07, 6.45) is 1.90. The number of hydrogen-bond acceptors (Lipinski definition) is 5. The average Bonchev–Trinajstić information content (AvgIpc) is 2.97. The van der Waals surface area contributed by atoms with Crippen LogP contribution in [0.25, 0.3) is 6.08 Å². The van der Waals surface area contributed by atoms with Gasteiger partial charge in [-0.3, -0.25) is 9.59 Å². The number of carbonyl (C=O) groups excluding carboxylic acids is 2. The Bertz CT molecular complexity index is 765. The van der Waals surface area contributed by atoms with E-state index in [9.17, 15) is 9.59 Å². The molecule has 0 aliphatic carbocycles. The van der Waals surface area contributed by atoms with Crippen LogP contribution in [0.3, 0.4) is 0 Å². The fourth-order valence-corrected chi connectivity index (χ4v) is 3.80. The number of ether oxygens (including phenoxy) is 1. The Kier molecular flexibility index (Phi) is 5.66. The average molecular weight is 373 g/mol. The predicted molar refractivity (Wildman–Crippen MR) is 104 cm³/mol. The molecule has 138 valence electrons. The number of nitrogens with zero attached hydrogens (tertiary/aromatic N) is 3. The zero-order valence-electron chi connectivity index (χ0n) is 15.3. The molecule has 0 spiro atoms. The number of hydrogen-bond donors (Lipinski definition) is 0. The molecule has 0 N–H and O–H groups in total. The first kappa shape index (κ1) is 18.5. The highest BCUT2D eigenvalue weighted by atomic mass is 32.2. The lowest BCUT2D eigenvalue weighted by Gasteiger charge is -2.34. The second kappa shape index (κ2) is 7.95. The van der Waals surface area contributed by atoms with Crippen molar-refractivity contribution in [3.8, 4) is 5.75 Å². The van der Waals surface area contributed by atoms with Crippen molar-refractivity contribution in [1.82, 2.24) is 9.80 Å². The zero-order valence-corrected chi connectivity index (χ0v) is 16.1. The standard InChI is InChI=1S/C19H23N3O3S/c1-13(2)25-16-7-5-4-6-15(16)12-17-18(24)20-19(26-17)22-10-8-21(9-11-22)14(3)23/h4-7,12-13H,8-11H2,1-3H3/b17-12-. The topological polar surface area (TPSA) is 62.2 Å². The van der Waals surface area contributed by atoms with Gasteiger partial charge in [0.25, 0.3) is 5.91 Å². The summed E-state index contributed by atoms with van der Waals surface area (Å²) in [6.45, 7) is 8.24. The Hall–Kier alpha value is -2.28. The van der Waals surface area contributed by atoms with E-state index < -0.39 is 0 Å². The lowest BCUT2D eigenvalue weighted by molar-refractivity contribution is -0.130. The SMILES string of the molecule is CC(=O)N1CCN(C2=NC(=O)/C(=C/c3ccccc3OC(C)C)S2)CC1. The van der Waals surface area contributed by atoms with Crippen molar-refractivity contribution in [2.75, 3.05) is 26.2 Å². The maximum Gasteiger partial charge on any atom is 0.286 e. The van der Waals surface area contributed by atoms with E-state index in [-0.39, 0.29) is 17.9 Å². The van der Waals surface area contributed by atoms with E-state index in [4.69, 9.17) is 4.74 Å². The summed E-state index contributed by atoms with van der Waals surface area (Å²) in [5, 5.41) is 0.715. The molecule has 0 aromatic heterocycles. The molecule has 1 aromatic rings. The summed E-state index contributed by atoms with van der Waals surface area (Å²) >= 11 is 1.39. The molecule has 0 bridgehead atoms. The Balaban J connectivity index is 1.71. The van der Waals surface area contributed by atoms with Gasteiger partial charge in [0.1, 0.15) is 5.75 Å². The van der Waals surface area contributed by atoms with Crippen molar-refractivity contribution >= 4 is 34.8 Å². The van der Waals surface area contributed by atoms with Crippen LogP contribution in [-0.2, 0) is 9.59 Å². The first-order valence-electron chi connectivity index (χ1n) is 8.73. The first-order chi connectivity index (χ1) is 12.4. The van der Waals surface area contributed by atoms with Gasteiger partial charge in [-0.25, -0.2) is 0 Å². The van der Waals surface area contributed by atoms with Crippen molar-refractivity contribution in [3.63, 3.8) is 0 Å². The number of piperazine rings is 1. The molecule has 0 unspecified atom stereocenters. The fraction of sp³-hybridized carbons (Fsp3) is 0.421. The molecule has 1 fully saturated rings. The number of rotatable bonds is 3. The number of aliphatic imine (C=N–C) groups is 1. The Morgan fingerprint density at radius 3 is 2.58 bits per heavy atom. The van der Waals surface area contributed by atoms with E-state index in [1.807, 2.05) is 49.1 Å². The van der Waals surface area contributed by atoms with Gasteiger partial charge in [-0.1, -0.05) is 18.2 Å². The lowest BCUT2D eigenvalue weighted by Crippen LogP contribution is -2.49. The van der Waals surface area contributed by atoms with Crippen LogP contribution < -0.4 is 4.74 Å². The monoisotopic (exact) mass is 373 g/mol. The molecule has 2 aliphatic rings. The third-order valence-electron chi connectivity index (χ3n) is 4.17. The number of carbonyl (C=O) groups is 2. The Labute approximate surface area is 157 Å². The van der Waals surface area contributed by atoms with Crippen LogP contribution in [0.2, 0.25) is 0 Å². The second-order valence-corrected chi connectivity index (χ2v) is 7.52. The van der Waals surface area contributed by atoms with Gasteiger partial charge in [-0.15, -0.1) is 0 Å². The molecule has 6 nitrogen and oxygen atoms in total. The van der Waals surface area contributed by atoms with Gasteiger partial charge in [0.2, 0.25) is 5.91 Å². The number of amidine groups is 1. The van der Waals surface area contributed by atoms with Crippen LogP contribution in [0.4, 0.5) is 0 Å². The van der Waals surface area contributed by atoms with Gasteiger partial charge in [-0.2, -0.15) is 4.99 Å². The van der Waals surface area contributed by atoms with E-state index >= 15 is 0 Å². The molecule has 2 amide bonds. The van der Waals surface area contributed by atoms with Gasteiger partial charge in [0.15, 0.2) is 5.17 Å². The van der Waals surface area contributed by atoms with E-state index in [0.717, 1.165) is 11.3 Å². The van der Waals surface area contributed by atoms with Gasteiger partial charge in [0, 0.05) is 38.7 Å². The van der Waals surface area contributed by atoms with Crippen LogP contribution in [0.15, 0.2) is 34.2 Å². The molecule has 1 aromatic carbocycles. The molecule has 3 rings (SSSR count).